The lowest BCUT2D eigenvalue weighted by Crippen LogP contribution is -2.17. The van der Waals surface area contributed by atoms with Gasteiger partial charge < -0.3 is 5.32 Å². The van der Waals surface area contributed by atoms with Crippen molar-refractivity contribution in [3.63, 3.8) is 0 Å². The molecule has 0 radical (unpaired) electrons. The number of anilines is 1. The zero-order valence-corrected chi connectivity index (χ0v) is 13.3. The summed E-state index contributed by atoms with van der Waals surface area (Å²) in [6.07, 6.45) is 1.88. The van der Waals surface area contributed by atoms with E-state index in [-0.39, 0.29) is 11.8 Å². The molecule has 0 aromatic heterocycles. The van der Waals surface area contributed by atoms with Gasteiger partial charge in [-0.1, -0.05) is 36.7 Å². The second-order valence-corrected chi connectivity index (χ2v) is 5.11. The van der Waals surface area contributed by atoms with Gasteiger partial charge in [0.25, 0.3) is 5.91 Å². The monoisotopic (exact) mass is 329 g/mol. The van der Waals surface area contributed by atoms with Gasteiger partial charge in [0.15, 0.2) is 0 Å². The molecule has 118 valence electrons. The van der Waals surface area contributed by atoms with Crippen LogP contribution < -0.4 is 10.7 Å². The number of hydrazone groups is 1. The number of halogens is 1. The number of carbonyl (C=O) groups excluding carboxylic acids is 2. The molecule has 5 nitrogen and oxygen atoms in total. The Bertz CT molecular complexity index is 727. The molecule has 2 N–H and O–H groups in total. The molecule has 0 heterocycles. The van der Waals surface area contributed by atoms with Crippen molar-refractivity contribution in [3.8, 4) is 0 Å². The number of hydrogen-bond donors (Lipinski definition) is 2. The molecule has 0 aliphatic carbocycles. The smallest absolute Gasteiger partial charge is 0.271 e. The first-order valence-corrected chi connectivity index (χ1v) is 7.46. The Hall–Kier alpha value is -2.66. The molecule has 0 aliphatic rings. The molecule has 2 rings (SSSR count). The van der Waals surface area contributed by atoms with Crippen LogP contribution in [0.25, 0.3) is 0 Å². The van der Waals surface area contributed by atoms with Gasteiger partial charge in [-0.15, -0.1) is 0 Å². The number of carbonyl (C=O) groups is 2. The number of rotatable bonds is 5. The van der Waals surface area contributed by atoms with Gasteiger partial charge in [-0.3, -0.25) is 9.59 Å². The van der Waals surface area contributed by atoms with Crippen molar-refractivity contribution in [2.45, 2.75) is 13.3 Å². The van der Waals surface area contributed by atoms with E-state index in [0.717, 1.165) is 0 Å². The zero-order chi connectivity index (χ0) is 16.7. The molecular weight excluding hydrogens is 314 g/mol. The van der Waals surface area contributed by atoms with Crippen molar-refractivity contribution in [2.75, 3.05) is 5.32 Å². The van der Waals surface area contributed by atoms with Crippen LogP contribution in [-0.2, 0) is 4.79 Å². The highest BCUT2D eigenvalue weighted by Gasteiger charge is 2.05. The molecule has 2 aromatic carbocycles. The van der Waals surface area contributed by atoms with Crippen LogP contribution in [0.15, 0.2) is 53.6 Å². The van der Waals surface area contributed by atoms with Crippen LogP contribution in [-0.4, -0.2) is 18.0 Å². The minimum Gasteiger partial charge on any atom is -0.326 e. The second kappa shape index (κ2) is 8.10. The molecule has 0 spiro atoms. The third kappa shape index (κ3) is 4.93. The summed E-state index contributed by atoms with van der Waals surface area (Å²) in [6.45, 7) is 1.77. The van der Waals surface area contributed by atoms with Crippen LogP contribution in [0.3, 0.4) is 0 Å². The lowest BCUT2D eigenvalue weighted by Gasteiger charge is -2.04. The summed E-state index contributed by atoms with van der Waals surface area (Å²) in [5, 5.41) is 7.15. The van der Waals surface area contributed by atoms with Gasteiger partial charge in [0.2, 0.25) is 5.91 Å². The molecule has 2 aromatic rings. The maximum atomic E-state index is 12.0. The average molecular weight is 330 g/mol. The lowest BCUT2D eigenvalue weighted by molar-refractivity contribution is -0.115. The van der Waals surface area contributed by atoms with Crippen molar-refractivity contribution in [2.24, 2.45) is 5.10 Å². The molecule has 0 unspecified atom stereocenters. The summed E-state index contributed by atoms with van der Waals surface area (Å²) in [6, 6.07) is 13.8. The van der Waals surface area contributed by atoms with E-state index in [9.17, 15) is 9.59 Å². The Morgan fingerprint density at radius 1 is 1.13 bits per heavy atom. The predicted molar refractivity (Wildman–Crippen MR) is 91.9 cm³/mol. The van der Waals surface area contributed by atoms with E-state index in [0.29, 0.717) is 28.3 Å². The Labute approximate surface area is 139 Å². The van der Waals surface area contributed by atoms with Crippen LogP contribution >= 0.6 is 11.6 Å². The summed E-state index contributed by atoms with van der Waals surface area (Å²) in [5.41, 5.74) is 4.23. The fourth-order valence-corrected chi connectivity index (χ4v) is 1.94. The molecule has 0 atom stereocenters. The van der Waals surface area contributed by atoms with E-state index in [4.69, 9.17) is 11.6 Å². The van der Waals surface area contributed by atoms with E-state index < -0.39 is 0 Å². The minimum atomic E-state index is -0.346. The summed E-state index contributed by atoms with van der Waals surface area (Å²) >= 11 is 5.99. The standard InChI is InChI=1S/C17H16ClN3O2/c1-2-16(22)20-14-9-7-12(8-10-14)17(23)21-19-11-13-5-3-4-6-15(13)18/h3-11H,2H2,1H3,(H,20,22)(H,21,23)/b19-11-. The number of amides is 2. The summed E-state index contributed by atoms with van der Waals surface area (Å²) in [4.78, 5) is 23.2. The number of nitrogens with zero attached hydrogens (tertiary/aromatic N) is 1. The highest BCUT2D eigenvalue weighted by molar-refractivity contribution is 6.33. The molecule has 0 fully saturated rings. The first-order valence-electron chi connectivity index (χ1n) is 7.08. The molecule has 2 amide bonds. The summed E-state index contributed by atoms with van der Waals surface area (Å²) in [5.74, 6) is -0.423. The van der Waals surface area contributed by atoms with Crippen molar-refractivity contribution in [1.82, 2.24) is 5.43 Å². The third-order valence-electron chi connectivity index (χ3n) is 3.03. The Kier molecular flexibility index (Phi) is 5.88. The van der Waals surface area contributed by atoms with Gasteiger partial charge in [-0.2, -0.15) is 5.10 Å². The van der Waals surface area contributed by atoms with Gasteiger partial charge >= 0.3 is 0 Å². The van der Waals surface area contributed by atoms with Gasteiger partial charge in [0.1, 0.15) is 0 Å². The molecule has 0 bridgehead atoms. The molecular formula is C17H16ClN3O2. The van der Waals surface area contributed by atoms with Crippen LogP contribution in [0, 0.1) is 0 Å². The predicted octanol–water partition coefficient (Wildman–Crippen LogP) is 3.45. The average Bonchev–Trinajstić information content (AvgIpc) is 2.57. The lowest BCUT2D eigenvalue weighted by atomic mass is 10.2. The SMILES string of the molecule is CCC(=O)Nc1ccc(C(=O)N/N=C\c2ccccc2Cl)cc1. The normalized spacial score (nSPS) is 10.5. The largest absolute Gasteiger partial charge is 0.326 e. The van der Waals surface area contributed by atoms with Crippen LogP contribution in [0.4, 0.5) is 5.69 Å². The van der Waals surface area contributed by atoms with Gasteiger partial charge in [0, 0.05) is 28.3 Å². The van der Waals surface area contributed by atoms with Crippen molar-refractivity contribution >= 4 is 35.3 Å². The topological polar surface area (TPSA) is 70.6 Å². The highest BCUT2D eigenvalue weighted by Crippen LogP contribution is 2.12. The van der Waals surface area contributed by atoms with E-state index in [2.05, 4.69) is 15.8 Å². The molecule has 0 aliphatic heterocycles. The van der Waals surface area contributed by atoms with Gasteiger partial charge in [-0.05, 0) is 30.3 Å². The molecule has 6 heteroatoms. The third-order valence-corrected chi connectivity index (χ3v) is 3.37. The Balaban J connectivity index is 1.96. The quantitative estimate of drug-likeness (QED) is 0.651. The van der Waals surface area contributed by atoms with Crippen LogP contribution in [0.2, 0.25) is 5.02 Å². The van der Waals surface area contributed by atoms with Crippen molar-refractivity contribution in [1.29, 1.82) is 0 Å². The first kappa shape index (κ1) is 16.7. The van der Waals surface area contributed by atoms with Crippen LogP contribution in [0.5, 0.6) is 0 Å². The first-order chi connectivity index (χ1) is 11.1. The van der Waals surface area contributed by atoms with Crippen molar-refractivity contribution in [3.05, 3.63) is 64.7 Å². The fourth-order valence-electron chi connectivity index (χ4n) is 1.76. The molecule has 0 saturated heterocycles. The van der Waals surface area contributed by atoms with Crippen molar-refractivity contribution < 1.29 is 9.59 Å². The second-order valence-electron chi connectivity index (χ2n) is 4.70. The minimum absolute atomic E-state index is 0.0773. The van der Waals surface area contributed by atoms with E-state index in [1.807, 2.05) is 12.1 Å². The summed E-state index contributed by atoms with van der Waals surface area (Å²) < 4.78 is 0. The zero-order valence-electron chi connectivity index (χ0n) is 12.5. The van der Waals surface area contributed by atoms with E-state index >= 15 is 0 Å². The van der Waals surface area contributed by atoms with E-state index in [1.54, 1.807) is 43.3 Å². The molecule has 23 heavy (non-hydrogen) atoms. The highest BCUT2D eigenvalue weighted by atomic mass is 35.5. The number of benzene rings is 2. The van der Waals surface area contributed by atoms with Gasteiger partial charge in [0.05, 0.1) is 6.21 Å². The number of nitrogens with one attached hydrogen (secondary N) is 2. The number of hydrogen-bond acceptors (Lipinski definition) is 3. The Morgan fingerprint density at radius 2 is 1.83 bits per heavy atom. The van der Waals surface area contributed by atoms with E-state index in [1.165, 1.54) is 6.21 Å². The fraction of sp³-hybridized carbons (Fsp3) is 0.118. The summed E-state index contributed by atoms with van der Waals surface area (Å²) in [7, 11) is 0. The van der Waals surface area contributed by atoms with Gasteiger partial charge in [-0.25, -0.2) is 5.43 Å². The molecule has 0 saturated carbocycles. The maximum Gasteiger partial charge on any atom is 0.271 e. The van der Waals surface area contributed by atoms with Crippen LogP contribution in [0.1, 0.15) is 29.3 Å². The maximum absolute atomic E-state index is 12.0. The Morgan fingerprint density at radius 3 is 2.48 bits per heavy atom.